The molecule has 0 spiro atoms. The van der Waals surface area contributed by atoms with E-state index in [9.17, 15) is 9.59 Å². The standard InChI is InChI=1S/C22H20Cl2N2O3/c1-25-22(28)16-6-4-15(5-7-16)13-26(14-19-3-2-10-29-19)21(27)11-17-8-9-18(23)12-20(17)24/h2-10,12H,11,13-14H2,1H3,(H,25,28). The van der Waals surface area contributed by atoms with Gasteiger partial charge in [-0.3, -0.25) is 9.59 Å². The second-order valence-electron chi connectivity index (χ2n) is 6.52. The summed E-state index contributed by atoms with van der Waals surface area (Å²) >= 11 is 12.2. The number of nitrogens with one attached hydrogen (secondary N) is 1. The molecule has 1 aromatic heterocycles. The zero-order valence-electron chi connectivity index (χ0n) is 15.8. The molecule has 5 nitrogen and oxygen atoms in total. The largest absolute Gasteiger partial charge is 0.467 e. The second kappa shape index (κ2) is 9.63. The molecule has 2 aromatic carbocycles. The summed E-state index contributed by atoms with van der Waals surface area (Å²) in [4.78, 5) is 26.4. The van der Waals surface area contributed by atoms with Crippen molar-refractivity contribution < 1.29 is 14.0 Å². The van der Waals surface area contributed by atoms with E-state index >= 15 is 0 Å². The molecule has 0 radical (unpaired) electrons. The van der Waals surface area contributed by atoms with E-state index in [0.717, 1.165) is 5.56 Å². The fraction of sp³-hybridized carbons (Fsp3) is 0.182. The van der Waals surface area contributed by atoms with E-state index < -0.39 is 0 Å². The summed E-state index contributed by atoms with van der Waals surface area (Å²) in [5, 5.41) is 3.57. The summed E-state index contributed by atoms with van der Waals surface area (Å²) in [5.41, 5.74) is 2.17. The van der Waals surface area contributed by atoms with E-state index in [1.807, 2.05) is 18.2 Å². The van der Waals surface area contributed by atoms with Gasteiger partial charge in [-0.15, -0.1) is 0 Å². The maximum atomic E-state index is 13.0. The molecule has 1 heterocycles. The van der Waals surface area contributed by atoms with Gasteiger partial charge < -0.3 is 14.6 Å². The SMILES string of the molecule is CNC(=O)c1ccc(CN(Cc2ccco2)C(=O)Cc2ccc(Cl)cc2Cl)cc1. The van der Waals surface area contributed by atoms with Crippen LogP contribution >= 0.6 is 23.2 Å². The second-order valence-corrected chi connectivity index (χ2v) is 7.36. The maximum absolute atomic E-state index is 13.0. The Kier molecular flexibility index (Phi) is 6.96. The number of halogens is 2. The molecule has 1 N–H and O–H groups in total. The number of furan rings is 1. The smallest absolute Gasteiger partial charge is 0.251 e. The fourth-order valence-corrected chi connectivity index (χ4v) is 3.36. The summed E-state index contributed by atoms with van der Waals surface area (Å²) < 4.78 is 5.42. The number of nitrogens with zero attached hydrogens (tertiary/aromatic N) is 1. The third-order valence-electron chi connectivity index (χ3n) is 4.45. The van der Waals surface area contributed by atoms with Crippen LogP contribution in [0.1, 0.15) is 27.2 Å². The molecule has 0 saturated carbocycles. The Labute approximate surface area is 179 Å². The first-order valence-corrected chi connectivity index (χ1v) is 9.77. The molecule has 2 amide bonds. The van der Waals surface area contributed by atoms with E-state index in [1.54, 1.807) is 54.6 Å². The van der Waals surface area contributed by atoms with Gasteiger partial charge in [0, 0.05) is 29.2 Å². The van der Waals surface area contributed by atoms with Crippen LogP contribution in [0.15, 0.2) is 65.3 Å². The third kappa shape index (κ3) is 5.62. The van der Waals surface area contributed by atoms with E-state index in [-0.39, 0.29) is 18.2 Å². The van der Waals surface area contributed by atoms with Gasteiger partial charge in [-0.2, -0.15) is 0 Å². The van der Waals surface area contributed by atoms with Crippen molar-refractivity contribution in [3.8, 4) is 0 Å². The van der Waals surface area contributed by atoms with Gasteiger partial charge in [0.15, 0.2) is 0 Å². The number of carbonyl (C=O) groups is 2. The Balaban J connectivity index is 1.78. The van der Waals surface area contributed by atoms with Crippen molar-refractivity contribution in [2.24, 2.45) is 0 Å². The molecule has 29 heavy (non-hydrogen) atoms. The average molecular weight is 431 g/mol. The van der Waals surface area contributed by atoms with Crippen molar-refractivity contribution in [3.63, 3.8) is 0 Å². The summed E-state index contributed by atoms with van der Waals surface area (Å²) in [7, 11) is 1.59. The normalized spacial score (nSPS) is 10.6. The molecule has 0 atom stereocenters. The van der Waals surface area contributed by atoms with Crippen LogP contribution in [0.3, 0.4) is 0 Å². The van der Waals surface area contributed by atoms with Gasteiger partial charge in [0.25, 0.3) is 5.91 Å². The lowest BCUT2D eigenvalue weighted by atomic mass is 10.1. The highest BCUT2D eigenvalue weighted by Gasteiger charge is 2.18. The molecule has 0 aliphatic carbocycles. The molecule has 3 aromatic rings. The van der Waals surface area contributed by atoms with Crippen molar-refractivity contribution >= 4 is 35.0 Å². The Morgan fingerprint density at radius 2 is 1.79 bits per heavy atom. The van der Waals surface area contributed by atoms with E-state index in [1.165, 1.54) is 0 Å². The van der Waals surface area contributed by atoms with E-state index in [4.69, 9.17) is 27.6 Å². The quantitative estimate of drug-likeness (QED) is 0.589. The lowest BCUT2D eigenvalue weighted by Gasteiger charge is -2.22. The molecular weight excluding hydrogens is 411 g/mol. The molecule has 0 aliphatic heterocycles. The minimum atomic E-state index is -0.155. The van der Waals surface area contributed by atoms with Gasteiger partial charge in [-0.25, -0.2) is 0 Å². The monoisotopic (exact) mass is 430 g/mol. The number of rotatable bonds is 7. The van der Waals surface area contributed by atoms with Crippen LogP contribution in [0.4, 0.5) is 0 Å². The molecule has 0 aliphatic rings. The predicted octanol–water partition coefficient (Wildman–Crippen LogP) is 4.72. The lowest BCUT2D eigenvalue weighted by Crippen LogP contribution is -2.31. The average Bonchev–Trinajstić information content (AvgIpc) is 3.22. The highest BCUT2D eigenvalue weighted by Crippen LogP contribution is 2.22. The third-order valence-corrected chi connectivity index (χ3v) is 5.04. The summed E-state index contributed by atoms with van der Waals surface area (Å²) in [6, 6.07) is 15.8. The minimum Gasteiger partial charge on any atom is -0.467 e. The van der Waals surface area contributed by atoms with Gasteiger partial charge >= 0.3 is 0 Å². The first-order chi connectivity index (χ1) is 14.0. The van der Waals surface area contributed by atoms with Gasteiger partial charge in [0.1, 0.15) is 5.76 Å². The van der Waals surface area contributed by atoms with Crippen LogP contribution in [0.25, 0.3) is 0 Å². The van der Waals surface area contributed by atoms with Crippen molar-refractivity contribution in [2.75, 3.05) is 7.05 Å². The zero-order chi connectivity index (χ0) is 20.8. The number of hydrogen-bond acceptors (Lipinski definition) is 3. The Morgan fingerprint density at radius 1 is 1.03 bits per heavy atom. The van der Waals surface area contributed by atoms with Crippen LogP contribution < -0.4 is 5.32 Å². The zero-order valence-corrected chi connectivity index (χ0v) is 17.3. The Hall–Kier alpha value is -2.76. The first kappa shape index (κ1) is 21.0. The number of hydrogen-bond donors (Lipinski definition) is 1. The van der Waals surface area contributed by atoms with Crippen LogP contribution in [0, 0.1) is 0 Å². The van der Waals surface area contributed by atoms with Gasteiger partial charge in [-0.05, 0) is 47.5 Å². The molecule has 3 rings (SSSR count). The van der Waals surface area contributed by atoms with E-state index in [0.29, 0.717) is 40.0 Å². The highest BCUT2D eigenvalue weighted by atomic mass is 35.5. The number of benzene rings is 2. The van der Waals surface area contributed by atoms with Crippen LogP contribution in [0.5, 0.6) is 0 Å². The molecule has 0 unspecified atom stereocenters. The fourth-order valence-electron chi connectivity index (χ4n) is 2.89. The molecule has 7 heteroatoms. The maximum Gasteiger partial charge on any atom is 0.251 e. The summed E-state index contributed by atoms with van der Waals surface area (Å²) in [6.07, 6.45) is 1.72. The Bertz CT molecular complexity index is 986. The van der Waals surface area contributed by atoms with Gasteiger partial charge in [-0.1, -0.05) is 41.4 Å². The van der Waals surface area contributed by atoms with E-state index in [2.05, 4.69) is 5.32 Å². The number of amides is 2. The molecule has 150 valence electrons. The van der Waals surface area contributed by atoms with Gasteiger partial charge in [0.2, 0.25) is 5.91 Å². The molecule has 0 fully saturated rings. The van der Waals surface area contributed by atoms with Crippen LogP contribution in [0.2, 0.25) is 10.0 Å². The number of carbonyl (C=O) groups excluding carboxylic acids is 2. The highest BCUT2D eigenvalue weighted by molar-refractivity contribution is 6.35. The first-order valence-electron chi connectivity index (χ1n) is 9.01. The van der Waals surface area contributed by atoms with Crippen molar-refractivity contribution in [1.29, 1.82) is 0 Å². The van der Waals surface area contributed by atoms with Gasteiger partial charge in [0.05, 0.1) is 19.2 Å². The lowest BCUT2D eigenvalue weighted by molar-refractivity contribution is -0.132. The molecule has 0 saturated heterocycles. The topological polar surface area (TPSA) is 62.6 Å². The summed E-state index contributed by atoms with van der Waals surface area (Å²) in [6.45, 7) is 0.701. The Morgan fingerprint density at radius 3 is 2.41 bits per heavy atom. The summed E-state index contributed by atoms with van der Waals surface area (Å²) in [5.74, 6) is 0.431. The van der Waals surface area contributed by atoms with Crippen molar-refractivity contribution in [2.45, 2.75) is 19.5 Å². The molecular formula is C22H20Cl2N2O3. The van der Waals surface area contributed by atoms with Crippen molar-refractivity contribution in [3.05, 3.63) is 93.4 Å². The predicted molar refractivity (Wildman–Crippen MR) is 113 cm³/mol. The van der Waals surface area contributed by atoms with Crippen LogP contribution in [-0.4, -0.2) is 23.8 Å². The molecule has 0 bridgehead atoms. The van der Waals surface area contributed by atoms with Crippen molar-refractivity contribution in [1.82, 2.24) is 10.2 Å². The van der Waals surface area contributed by atoms with Crippen LogP contribution in [-0.2, 0) is 24.3 Å². The minimum absolute atomic E-state index is 0.0963.